The molecule has 0 radical (unpaired) electrons. The Balaban J connectivity index is 0.00000187. The molecule has 0 saturated heterocycles. The zero-order chi connectivity index (χ0) is 24.1. The molecule has 2 aromatic carbocycles. The van der Waals surface area contributed by atoms with Crippen molar-refractivity contribution in [3.63, 3.8) is 0 Å². The number of aliphatic imine (C=N–C) groups is 1. The molecule has 1 unspecified atom stereocenters. The summed E-state index contributed by atoms with van der Waals surface area (Å²) >= 11 is 0. The van der Waals surface area contributed by atoms with Crippen molar-refractivity contribution < 1.29 is 14.3 Å². The van der Waals surface area contributed by atoms with Crippen molar-refractivity contribution in [2.45, 2.75) is 78.4 Å². The monoisotopic (exact) mass is 452 g/mol. The van der Waals surface area contributed by atoms with Gasteiger partial charge in [0.05, 0.1) is 5.84 Å². The van der Waals surface area contributed by atoms with E-state index in [2.05, 4.69) is 4.99 Å². The number of Topliss-reactive ketones (excluding diaryl/α,β-unsaturated/α-hetero) is 1. The summed E-state index contributed by atoms with van der Waals surface area (Å²) in [5.74, 6) is 2.36. The molecule has 1 saturated carbocycles. The normalized spacial score (nSPS) is 16.2. The Morgan fingerprint density at radius 1 is 0.939 bits per heavy atom. The topological polar surface area (TPSA) is 73.9 Å². The van der Waals surface area contributed by atoms with E-state index < -0.39 is 5.54 Å². The van der Waals surface area contributed by atoms with Gasteiger partial charge in [-0.2, -0.15) is 0 Å². The molecule has 1 fully saturated rings. The van der Waals surface area contributed by atoms with E-state index in [0.29, 0.717) is 30.5 Å². The Morgan fingerprint density at radius 2 is 1.52 bits per heavy atom. The van der Waals surface area contributed by atoms with Gasteiger partial charge in [0.25, 0.3) is 0 Å². The molecular weight excluding hydrogens is 412 g/mol. The first kappa shape index (κ1) is 26.4. The second-order valence-corrected chi connectivity index (χ2v) is 8.58. The highest BCUT2D eigenvalue weighted by atomic mass is 16.5. The van der Waals surface area contributed by atoms with E-state index in [9.17, 15) is 4.79 Å². The first-order chi connectivity index (χ1) is 16.0. The second kappa shape index (κ2) is 13.7. The van der Waals surface area contributed by atoms with Gasteiger partial charge < -0.3 is 15.2 Å². The third-order valence-electron chi connectivity index (χ3n) is 5.95. The number of carbonyl (C=O) groups is 1. The number of amidine groups is 1. The van der Waals surface area contributed by atoms with Gasteiger partial charge in [-0.1, -0.05) is 76.3 Å². The van der Waals surface area contributed by atoms with E-state index in [1.807, 2.05) is 68.4 Å². The third-order valence-corrected chi connectivity index (χ3v) is 5.95. The second-order valence-electron chi connectivity index (χ2n) is 8.58. The Labute approximate surface area is 199 Å². The average molecular weight is 453 g/mol. The van der Waals surface area contributed by atoms with Gasteiger partial charge in [-0.15, -0.1) is 0 Å². The largest absolute Gasteiger partial charge is 0.491 e. The molecule has 1 aliphatic rings. The molecule has 1 aliphatic carbocycles. The van der Waals surface area contributed by atoms with Crippen LogP contribution in [0.15, 0.2) is 59.6 Å². The fourth-order valence-corrected chi connectivity index (χ4v) is 4.24. The van der Waals surface area contributed by atoms with Gasteiger partial charge in [-0.25, -0.2) is 0 Å². The molecule has 5 nitrogen and oxygen atoms in total. The molecule has 0 aromatic heterocycles. The lowest BCUT2D eigenvalue weighted by molar-refractivity contribution is -0.123. The highest BCUT2D eigenvalue weighted by Crippen LogP contribution is 2.34. The summed E-state index contributed by atoms with van der Waals surface area (Å²) in [7, 11) is 0. The quantitative estimate of drug-likeness (QED) is 0.337. The van der Waals surface area contributed by atoms with Crippen molar-refractivity contribution in [3.05, 3.63) is 60.2 Å². The first-order valence-corrected chi connectivity index (χ1v) is 12.2. The van der Waals surface area contributed by atoms with Crippen LogP contribution in [0, 0.1) is 5.92 Å². The molecule has 2 N–H and O–H groups in total. The summed E-state index contributed by atoms with van der Waals surface area (Å²) < 4.78 is 11.9. The lowest BCUT2D eigenvalue weighted by Crippen LogP contribution is -2.44. The van der Waals surface area contributed by atoms with Crippen LogP contribution in [0.4, 0.5) is 0 Å². The number of ketones is 1. The Morgan fingerprint density at radius 3 is 2.06 bits per heavy atom. The van der Waals surface area contributed by atoms with Gasteiger partial charge in [-0.3, -0.25) is 9.79 Å². The maximum atomic E-state index is 12.7. The molecule has 2 aromatic rings. The molecular formula is C28H40N2O3. The number of rotatable bonds is 10. The minimum Gasteiger partial charge on any atom is -0.491 e. The summed E-state index contributed by atoms with van der Waals surface area (Å²) in [6.07, 6.45) is 6.68. The van der Waals surface area contributed by atoms with E-state index in [4.69, 9.17) is 15.2 Å². The number of hydrogen-bond acceptors (Lipinski definition) is 4. The molecule has 5 heteroatoms. The van der Waals surface area contributed by atoms with Crippen molar-refractivity contribution in [2.75, 3.05) is 6.61 Å². The molecule has 0 bridgehead atoms. The zero-order valence-electron chi connectivity index (χ0n) is 20.7. The summed E-state index contributed by atoms with van der Waals surface area (Å²) in [6.45, 7) is 8.04. The number of nitrogens with two attached hydrogens (primary N) is 1. The predicted octanol–water partition coefficient (Wildman–Crippen LogP) is 6.35. The molecule has 0 aliphatic heterocycles. The highest BCUT2D eigenvalue weighted by molar-refractivity contribution is 5.90. The Kier molecular flexibility index (Phi) is 10.9. The van der Waals surface area contributed by atoms with Gasteiger partial charge >= 0.3 is 0 Å². The van der Waals surface area contributed by atoms with E-state index in [1.165, 1.54) is 19.3 Å². The van der Waals surface area contributed by atoms with Crippen molar-refractivity contribution in [1.82, 2.24) is 0 Å². The van der Waals surface area contributed by atoms with Crippen LogP contribution < -0.4 is 15.2 Å². The van der Waals surface area contributed by atoms with Gasteiger partial charge in [-0.05, 0) is 56.0 Å². The predicted molar refractivity (Wildman–Crippen MR) is 136 cm³/mol. The summed E-state index contributed by atoms with van der Waals surface area (Å²) in [6, 6.07) is 17.5. The van der Waals surface area contributed by atoms with Crippen molar-refractivity contribution >= 4 is 11.6 Å². The van der Waals surface area contributed by atoms with Crippen molar-refractivity contribution in [3.8, 4) is 11.5 Å². The molecule has 180 valence electrons. The number of nitrogens with zero attached hydrogens (tertiary/aromatic N) is 1. The van der Waals surface area contributed by atoms with E-state index in [0.717, 1.165) is 24.2 Å². The molecule has 3 rings (SSSR count). The van der Waals surface area contributed by atoms with Crippen LogP contribution in [0.25, 0.3) is 0 Å². The van der Waals surface area contributed by atoms with E-state index in [1.54, 1.807) is 13.8 Å². The van der Waals surface area contributed by atoms with Crippen LogP contribution in [0.5, 0.6) is 11.5 Å². The third kappa shape index (κ3) is 8.56. The molecule has 33 heavy (non-hydrogen) atoms. The van der Waals surface area contributed by atoms with E-state index >= 15 is 0 Å². The van der Waals surface area contributed by atoms with Gasteiger partial charge in [0, 0.05) is 0 Å². The fourth-order valence-electron chi connectivity index (χ4n) is 4.24. The number of hydrogen-bond donors (Lipinski definition) is 1. The standard InChI is InChI=1S/C26H34N2O3.C2H6/c1-20(29)26(28-21(2)27,17-22-9-5-3-6-10-22)19-31-25-15-13-24(14-16-25)30-18-23-11-7-4-8-12-23;1-2/h4,7-8,11-16,22H,3,5-6,9-10,17-19H2,1-2H3,(H2,27,28);1-2H3. The average Bonchev–Trinajstić information content (AvgIpc) is 2.84. The van der Waals surface area contributed by atoms with Crippen LogP contribution in [0.1, 0.15) is 71.8 Å². The highest BCUT2D eigenvalue weighted by Gasteiger charge is 2.39. The number of ether oxygens (including phenoxy) is 2. The van der Waals surface area contributed by atoms with Gasteiger partial charge in [0.1, 0.15) is 24.7 Å². The molecule has 0 amide bonds. The summed E-state index contributed by atoms with van der Waals surface area (Å²) in [4.78, 5) is 17.3. The van der Waals surface area contributed by atoms with Crippen molar-refractivity contribution in [2.24, 2.45) is 16.6 Å². The minimum absolute atomic E-state index is 0.00527. The zero-order valence-corrected chi connectivity index (χ0v) is 20.7. The molecule has 0 heterocycles. The Hall–Kier alpha value is -2.82. The van der Waals surface area contributed by atoms with Crippen LogP contribution in [0.3, 0.4) is 0 Å². The van der Waals surface area contributed by atoms with E-state index in [-0.39, 0.29) is 12.4 Å². The van der Waals surface area contributed by atoms with Crippen LogP contribution >= 0.6 is 0 Å². The summed E-state index contributed by atoms with van der Waals surface area (Å²) in [5, 5.41) is 0. The van der Waals surface area contributed by atoms with Crippen molar-refractivity contribution in [1.29, 1.82) is 0 Å². The SMILES string of the molecule is CC.CC(=O)C(COc1ccc(OCc2ccccc2)cc1)(CC1CCCCC1)N=C(C)N. The maximum Gasteiger partial charge on any atom is 0.160 e. The maximum absolute atomic E-state index is 12.7. The molecule has 0 spiro atoms. The van der Waals surface area contributed by atoms with Crippen LogP contribution in [-0.2, 0) is 11.4 Å². The van der Waals surface area contributed by atoms with Crippen LogP contribution in [0.2, 0.25) is 0 Å². The summed E-state index contributed by atoms with van der Waals surface area (Å²) in [5.41, 5.74) is 6.11. The van der Waals surface area contributed by atoms with Gasteiger partial charge in [0.2, 0.25) is 0 Å². The lowest BCUT2D eigenvalue weighted by atomic mass is 9.78. The van der Waals surface area contributed by atoms with Crippen LogP contribution in [-0.4, -0.2) is 23.8 Å². The smallest absolute Gasteiger partial charge is 0.160 e. The number of carbonyl (C=O) groups excluding carboxylic acids is 1. The number of benzene rings is 2. The first-order valence-electron chi connectivity index (χ1n) is 12.2. The Bertz CT molecular complexity index is 854. The fraction of sp³-hybridized carbons (Fsp3) is 0.500. The molecule has 1 atom stereocenters. The van der Waals surface area contributed by atoms with Gasteiger partial charge in [0.15, 0.2) is 11.3 Å². The lowest BCUT2D eigenvalue weighted by Gasteiger charge is -2.33. The minimum atomic E-state index is -0.927.